The molecule has 2 aromatic heterocycles. The van der Waals surface area contributed by atoms with E-state index in [0.717, 1.165) is 17.2 Å². The molecule has 2 rings (SSSR count). The summed E-state index contributed by atoms with van der Waals surface area (Å²) in [4.78, 5) is 4.16. The van der Waals surface area contributed by atoms with E-state index >= 15 is 0 Å². The van der Waals surface area contributed by atoms with Gasteiger partial charge in [-0.25, -0.2) is 0 Å². The summed E-state index contributed by atoms with van der Waals surface area (Å²) in [5.41, 5.74) is 1.79. The number of fused-ring (bicyclic) bond motifs is 1. The van der Waals surface area contributed by atoms with Crippen LogP contribution in [0, 0.1) is 6.92 Å². The van der Waals surface area contributed by atoms with Crippen LogP contribution in [-0.2, 0) is 0 Å². The number of rotatable bonds is 1. The Labute approximate surface area is 76.6 Å². The molecule has 0 unspecified atom stereocenters. The van der Waals surface area contributed by atoms with Crippen LogP contribution in [0.2, 0.25) is 0 Å². The van der Waals surface area contributed by atoms with Crippen LogP contribution in [-0.4, -0.2) is 19.6 Å². The van der Waals surface area contributed by atoms with E-state index in [0.29, 0.717) is 5.92 Å². The third kappa shape index (κ3) is 1.28. The van der Waals surface area contributed by atoms with Gasteiger partial charge in [0.25, 0.3) is 0 Å². The Hall–Kier alpha value is -1.45. The van der Waals surface area contributed by atoms with E-state index in [1.807, 2.05) is 17.5 Å². The Morgan fingerprint density at radius 1 is 1.31 bits per heavy atom. The molecule has 0 N–H and O–H groups in total. The molecule has 0 aromatic carbocycles. The third-order valence-corrected chi connectivity index (χ3v) is 1.96. The minimum Gasteiger partial charge on any atom is -0.283 e. The van der Waals surface area contributed by atoms with Crippen molar-refractivity contribution in [2.24, 2.45) is 0 Å². The van der Waals surface area contributed by atoms with Gasteiger partial charge < -0.3 is 0 Å². The van der Waals surface area contributed by atoms with E-state index in [2.05, 4.69) is 29.0 Å². The van der Waals surface area contributed by atoms with Gasteiger partial charge in [0.1, 0.15) is 5.82 Å². The zero-order valence-corrected chi connectivity index (χ0v) is 8.02. The van der Waals surface area contributed by atoms with Crippen LogP contribution in [0.15, 0.2) is 12.4 Å². The molecule has 0 bridgehead atoms. The average molecular weight is 176 g/mol. The number of aryl methyl sites for hydroxylation is 1. The topological polar surface area (TPSA) is 43.1 Å². The van der Waals surface area contributed by atoms with Gasteiger partial charge in [0, 0.05) is 12.1 Å². The zero-order chi connectivity index (χ0) is 9.42. The van der Waals surface area contributed by atoms with Crippen molar-refractivity contribution in [1.82, 2.24) is 19.6 Å². The highest BCUT2D eigenvalue weighted by Gasteiger charge is 2.08. The maximum absolute atomic E-state index is 4.16. The van der Waals surface area contributed by atoms with Gasteiger partial charge in [-0.3, -0.25) is 9.38 Å². The number of aromatic nitrogens is 4. The molecule has 0 spiro atoms. The Morgan fingerprint density at radius 3 is 2.77 bits per heavy atom. The Bertz CT molecular complexity index is 430. The van der Waals surface area contributed by atoms with Crippen LogP contribution in [0.4, 0.5) is 0 Å². The van der Waals surface area contributed by atoms with E-state index in [4.69, 9.17) is 0 Å². The van der Waals surface area contributed by atoms with E-state index in [-0.39, 0.29) is 0 Å². The van der Waals surface area contributed by atoms with Gasteiger partial charge in [-0.15, -0.1) is 10.2 Å². The van der Waals surface area contributed by atoms with Gasteiger partial charge in [-0.05, 0) is 6.92 Å². The summed E-state index contributed by atoms with van der Waals surface area (Å²) in [6.45, 7) is 6.17. The van der Waals surface area contributed by atoms with Crippen molar-refractivity contribution in [3.05, 3.63) is 23.9 Å². The normalized spacial score (nSPS) is 11.4. The van der Waals surface area contributed by atoms with Crippen molar-refractivity contribution in [3.63, 3.8) is 0 Å². The lowest BCUT2D eigenvalue weighted by Crippen LogP contribution is -1.98. The second-order valence-corrected chi connectivity index (χ2v) is 3.47. The highest BCUT2D eigenvalue weighted by Crippen LogP contribution is 2.12. The van der Waals surface area contributed by atoms with Crippen molar-refractivity contribution in [1.29, 1.82) is 0 Å². The van der Waals surface area contributed by atoms with Crippen LogP contribution < -0.4 is 0 Å². The molecule has 4 nitrogen and oxygen atoms in total. The molecule has 0 saturated heterocycles. The molecule has 0 aliphatic heterocycles. The molecular formula is C9H12N4. The van der Waals surface area contributed by atoms with Crippen LogP contribution in [0.3, 0.4) is 0 Å². The van der Waals surface area contributed by atoms with Crippen molar-refractivity contribution < 1.29 is 0 Å². The van der Waals surface area contributed by atoms with Gasteiger partial charge >= 0.3 is 0 Å². The lowest BCUT2D eigenvalue weighted by Gasteiger charge is -2.02. The van der Waals surface area contributed by atoms with Crippen LogP contribution in [0.1, 0.15) is 31.3 Å². The van der Waals surface area contributed by atoms with Crippen LogP contribution in [0.5, 0.6) is 0 Å². The molecule has 0 radical (unpaired) electrons. The predicted molar refractivity (Wildman–Crippen MR) is 49.6 cm³/mol. The molecule has 2 aromatic rings. The summed E-state index contributed by atoms with van der Waals surface area (Å²) in [6, 6.07) is 0. The highest BCUT2D eigenvalue weighted by atomic mass is 15.3. The standard InChI is InChI=1S/C9H12N4/c1-6(2)9-12-11-8-4-10-7(3)5-13(8)9/h4-6H,1-3H3. The van der Waals surface area contributed by atoms with Gasteiger partial charge in [0.15, 0.2) is 5.65 Å². The van der Waals surface area contributed by atoms with Crippen molar-refractivity contribution in [2.45, 2.75) is 26.7 Å². The first-order valence-corrected chi connectivity index (χ1v) is 4.36. The summed E-state index contributed by atoms with van der Waals surface area (Å²) < 4.78 is 1.99. The molecule has 0 aliphatic carbocycles. The van der Waals surface area contributed by atoms with E-state index in [1.165, 1.54) is 0 Å². The average Bonchev–Trinajstić information content (AvgIpc) is 2.46. The second kappa shape index (κ2) is 2.80. The third-order valence-electron chi connectivity index (χ3n) is 1.96. The number of hydrogen-bond acceptors (Lipinski definition) is 3. The first-order valence-electron chi connectivity index (χ1n) is 4.36. The smallest absolute Gasteiger partial charge is 0.179 e. The summed E-state index contributed by atoms with van der Waals surface area (Å²) >= 11 is 0. The monoisotopic (exact) mass is 176 g/mol. The van der Waals surface area contributed by atoms with Gasteiger partial charge in [0.05, 0.1) is 11.9 Å². The van der Waals surface area contributed by atoms with Gasteiger partial charge in [0.2, 0.25) is 0 Å². The lowest BCUT2D eigenvalue weighted by molar-refractivity contribution is 0.757. The van der Waals surface area contributed by atoms with E-state index in [9.17, 15) is 0 Å². The van der Waals surface area contributed by atoms with Gasteiger partial charge in [-0.1, -0.05) is 13.8 Å². The molecule has 0 atom stereocenters. The first kappa shape index (κ1) is 8.16. The number of hydrogen-bond donors (Lipinski definition) is 0. The molecule has 0 amide bonds. The zero-order valence-electron chi connectivity index (χ0n) is 8.02. The quantitative estimate of drug-likeness (QED) is 0.662. The fourth-order valence-electron chi connectivity index (χ4n) is 1.31. The minimum absolute atomic E-state index is 0.386. The molecule has 2 heterocycles. The highest BCUT2D eigenvalue weighted by molar-refractivity contribution is 5.35. The fourth-order valence-corrected chi connectivity index (χ4v) is 1.31. The lowest BCUT2D eigenvalue weighted by atomic mass is 10.2. The second-order valence-electron chi connectivity index (χ2n) is 3.47. The minimum atomic E-state index is 0.386. The summed E-state index contributed by atoms with van der Waals surface area (Å²) in [5.74, 6) is 1.37. The molecule has 13 heavy (non-hydrogen) atoms. The Morgan fingerprint density at radius 2 is 2.08 bits per heavy atom. The van der Waals surface area contributed by atoms with Crippen molar-refractivity contribution >= 4 is 5.65 Å². The molecule has 0 saturated carbocycles. The van der Waals surface area contributed by atoms with Gasteiger partial charge in [-0.2, -0.15) is 0 Å². The van der Waals surface area contributed by atoms with Crippen LogP contribution in [0.25, 0.3) is 5.65 Å². The fraction of sp³-hybridized carbons (Fsp3) is 0.444. The summed E-state index contributed by atoms with van der Waals surface area (Å²) in [6.07, 6.45) is 3.71. The Balaban J connectivity index is 2.71. The molecule has 4 heteroatoms. The van der Waals surface area contributed by atoms with Crippen LogP contribution >= 0.6 is 0 Å². The van der Waals surface area contributed by atoms with E-state index in [1.54, 1.807) is 6.20 Å². The molecule has 0 fully saturated rings. The first-order chi connectivity index (χ1) is 6.18. The van der Waals surface area contributed by atoms with E-state index < -0.39 is 0 Å². The molecule has 68 valence electrons. The number of nitrogens with zero attached hydrogens (tertiary/aromatic N) is 4. The summed E-state index contributed by atoms with van der Waals surface area (Å²) in [7, 11) is 0. The summed E-state index contributed by atoms with van der Waals surface area (Å²) in [5, 5.41) is 8.14. The molecular weight excluding hydrogens is 164 g/mol. The largest absolute Gasteiger partial charge is 0.283 e. The maximum Gasteiger partial charge on any atom is 0.179 e. The Kier molecular flexibility index (Phi) is 1.76. The SMILES string of the molecule is Cc1cn2c(C(C)C)nnc2cn1. The van der Waals surface area contributed by atoms with Crippen molar-refractivity contribution in [2.75, 3.05) is 0 Å². The maximum atomic E-state index is 4.16. The predicted octanol–water partition coefficient (Wildman–Crippen LogP) is 1.56. The van der Waals surface area contributed by atoms with Crippen molar-refractivity contribution in [3.8, 4) is 0 Å². The molecule has 0 aliphatic rings.